The summed E-state index contributed by atoms with van der Waals surface area (Å²) in [6.07, 6.45) is 11.5. The first-order chi connectivity index (χ1) is 13.8. The molecular weight excluding hydrogens is 388 g/mol. The quantitative estimate of drug-likeness (QED) is 0.654. The van der Waals surface area contributed by atoms with Crippen molar-refractivity contribution in [1.29, 1.82) is 0 Å². The van der Waals surface area contributed by atoms with Gasteiger partial charge in [0, 0.05) is 42.2 Å². The second-order valence-electron chi connectivity index (χ2n) is 7.89. The molecule has 1 fully saturated rings. The number of hydrogen-bond donors (Lipinski definition) is 1. The Bertz CT molecular complexity index is 1200. The fourth-order valence-corrected chi connectivity index (χ4v) is 4.72. The number of hydrogen-bond acceptors (Lipinski definition) is 4. The average Bonchev–Trinajstić information content (AvgIpc) is 3.03. The van der Waals surface area contributed by atoms with Crippen LogP contribution in [0.15, 0.2) is 46.3 Å². The third kappa shape index (κ3) is 3.96. The van der Waals surface area contributed by atoms with Crippen molar-refractivity contribution < 1.29 is 13.2 Å². The van der Waals surface area contributed by atoms with Crippen LogP contribution in [0.4, 0.5) is 0 Å². The van der Waals surface area contributed by atoms with Gasteiger partial charge >= 0.3 is 0 Å². The van der Waals surface area contributed by atoms with Crippen LogP contribution < -0.4 is 10.3 Å². The number of aryl methyl sites for hydroxylation is 1. The fraction of sp³-hybridized carbons (Fsp3) is 0.409. The Kier molecular flexibility index (Phi) is 5.25. The van der Waals surface area contributed by atoms with Gasteiger partial charge < -0.3 is 14.3 Å². The van der Waals surface area contributed by atoms with Crippen LogP contribution in [-0.2, 0) is 16.9 Å². The lowest BCUT2D eigenvalue weighted by Gasteiger charge is -2.20. The van der Waals surface area contributed by atoms with E-state index in [1.807, 2.05) is 6.07 Å². The van der Waals surface area contributed by atoms with Crippen LogP contribution in [0.3, 0.4) is 0 Å². The average molecular weight is 415 g/mol. The number of aromatic amines is 1. The van der Waals surface area contributed by atoms with E-state index >= 15 is 0 Å². The van der Waals surface area contributed by atoms with E-state index in [1.54, 1.807) is 37.6 Å². The minimum absolute atomic E-state index is 0.120. The Morgan fingerprint density at radius 3 is 2.48 bits per heavy atom. The van der Waals surface area contributed by atoms with Gasteiger partial charge in [-0.3, -0.25) is 4.79 Å². The summed E-state index contributed by atoms with van der Waals surface area (Å²) >= 11 is 0. The van der Waals surface area contributed by atoms with Crippen molar-refractivity contribution in [2.24, 2.45) is 7.05 Å². The maximum Gasteiger partial charge on any atom is 0.274 e. The lowest BCUT2D eigenvalue weighted by molar-refractivity contribution is 0.184. The molecule has 7 heteroatoms. The zero-order chi connectivity index (χ0) is 20.6. The van der Waals surface area contributed by atoms with Crippen LogP contribution in [0.25, 0.3) is 22.0 Å². The Hall–Kier alpha value is -2.54. The smallest absolute Gasteiger partial charge is 0.274 e. The van der Waals surface area contributed by atoms with Crippen LogP contribution in [0.2, 0.25) is 0 Å². The van der Waals surface area contributed by atoms with Gasteiger partial charge in [-0.05, 0) is 49.9 Å². The number of aromatic nitrogens is 2. The summed E-state index contributed by atoms with van der Waals surface area (Å²) in [5, 5.41) is 0.754. The highest BCUT2D eigenvalue weighted by Crippen LogP contribution is 2.37. The molecule has 1 saturated carbocycles. The SMILES string of the molecule is Cn1cc(-c2cc(S(C)(=O)=O)ccc2OC2CCCCCC2)c2cc[nH]c2c1=O. The summed E-state index contributed by atoms with van der Waals surface area (Å²) in [5.74, 6) is 0.658. The van der Waals surface area contributed by atoms with Gasteiger partial charge in [0.1, 0.15) is 11.3 Å². The third-order valence-electron chi connectivity index (χ3n) is 5.66. The molecular formula is C22H26N2O4S. The van der Waals surface area contributed by atoms with Crippen molar-refractivity contribution in [3.63, 3.8) is 0 Å². The number of nitrogens with zero attached hydrogens (tertiary/aromatic N) is 1. The summed E-state index contributed by atoms with van der Waals surface area (Å²) in [4.78, 5) is 15.7. The minimum atomic E-state index is -3.38. The second kappa shape index (κ2) is 7.71. The van der Waals surface area contributed by atoms with E-state index in [2.05, 4.69) is 4.98 Å². The predicted octanol–water partition coefficient (Wildman–Crippen LogP) is 4.04. The highest BCUT2D eigenvalue weighted by atomic mass is 32.2. The van der Waals surface area contributed by atoms with Crippen molar-refractivity contribution in [1.82, 2.24) is 9.55 Å². The molecule has 0 atom stereocenters. The molecule has 6 nitrogen and oxygen atoms in total. The second-order valence-corrected chi connectivity index (χ2v) is 9.90. The molecule has 0 saturated heterocycles. The molecule has 3 aromatic rings. The first-order valence-corrected chi connectivity index (χ1v) is 11.9. The summed E-state index contributed by atoms with van der Waals surface area (Å²) in [5.41, 5.74) is 1.84. The van der Waals surface area contributed by atoms with Gasteiger partial charge in [-0.2, -0.15) is 0 Å². The molecule has 2 heterocycles. The van der Waals surface area contributed by atoms with Gasteiger partial charge in [0.05, 0.1) is 11.0 Å². The molecule has 0 aliphatic heterocycles. The zero-order valence-electron chi connectivity index (χ0n) is 16.8. The molecule has 1 aliphatic rings. The van der Waals surface area contributed by atoms with Gasteiger partial charge in [-0.1, -0.05) is 12.8 Å². The fourth-order valence-electron chi connectivity index (χ4n) is 4.08. The molecule has 0 amide bonds. The van der Waals surface area contributed by atoms with Crippen molar-refractivity contribution >= 4 is 20.7 Å². The minimum Gasteiger partial charge on any atom is -0.490 e. The number of benzene rings is 1. The lowest BCUT2D eigenvalue weighted by Crippen LogP contribution is -2.18. The lowest BCUT2D eigenvalue weighted by atomic mass is 10.0. The topological polar surface area (TPSA) is 81.2 Å². The van der Waals surface area contributed by atoms with Crippen molar-refractivity contribution in [3.8, 4) is 16.9 Å². The molecule has 1 N–H and O–H groups in total. The normalized spacial score (nSPS) is 16.1. The molecule has 29 heavy (non-hydrogen) atoms. The largest absolute Gasteiger partial charge is 0.490 e. The molecule has 0 unspecified atom stereocenters. The first kappa shape index (κ1) is 19.8. The van der Waals surface area contributed by atoms with E-state index in [1.165, 1.54) is 23.7 Å². The Morgan fingerprint density at radius 2 is 1.79 bits per heavy atom. The van der Waals surface area contributed by atoms with Gasteiger partial charge in [0.15, 0.2) is 9.84 Å². The van der Waals surface area contributed by atoms with Crippen LogP contribution >= 0.6 is 0 Å². The zero-order valence-corrected chi connectivity index (χ0v) is 17.6. The Balaban J connectivity index is 1.89. The Labute approximate surface area is 170 Å². The molecule has 4 rings (SSSR count). The van der Waals surface area contributed by atoms with Gasteiger partial charge in [-0.15, -0.1) is 0 Å². The number of nitrogens with one attached hydrogen (secondary N) is 1. The van der Waals surface area contributed by atoms with Crippen LogP contribution in [-0.4, -0.2) is 30.3 Å². The summed E-state index contributed by atoms with van der Waals surface area (Å²) < 4.78 is 32.3. The van der Waals surface area contributed by atoms with E-state index in [0.717, 1.165) is 36.6 Å². The summed E-state index contributed by atoms with van der Waals surface area (Å²) in [6.45, 7) is 0. The molecule has 154 valence electrons. The molecule has 0 spiro atoms. The van der Waals surface area contributed by atoms with E-state index in [9.17, 15) is 13.2 Å². The van der Waals surface area contributed by atoms with Crippen molar-refractivity contribution in [2.45, 2.75) is 49.5 Å². The molecule has 0 radical (unpaired) electrons. The summed E-state index contributed by atoms with van der Waals surface area (Å²) in [7, 11) is -1.69. The van der Waals surface area contributed by atoms with Crippen LogP contribution in [0.1, 0.15) is 38.5 Å². The van der Waals surface area contributed by atoms with Crippen LogP contribution in [0.5, 0.6) is 5.75 Å². The monoisotopic (exact) mass is 414 g/mol. The number of sulfone groups is 1. The molecule has 1 aliphatic carbocycles. The standard InChI is InChI=1S/C22H26N2O4S/c1-24-14-19(17-11-12-23-21(17)22(24)25)18-13-16(29(2,26)27)9-10-20(18)28-15-7-5-3-4-6-8-15/h9-15,23H,3-8H2,1-2H3. The van der Waals surface area contributed by atoms with E-state index in [0.29, 0.717) is 16.8 Å². The van der Waals surface area contributed by atoms with Gasteiger partial charge in [0.25, 0.3) is 5.56 Å². The van der Waals surface area contributed by atoms with Crippen molar-refractivity contribution in [2.75, 3.05) is 6.26 Å². The van der Waals surface area contributed by atoms with E-state index < -0.39 is 9.84 Å². The number of pyridine rings is 1. The predicted molar refractivity (Wildman–Crippen MR) is 114 cm³/mol. The Morgan fingerprint density at radius 1 is 1.07 bits per heavy atom. The van der Waals surface area contributed by atoms with E-state index in [4.69, 9.17) is 4.74 Å². The maximum atomic E-state index is 12.4. The number of fused-ring (bicyclic) bond motifs is 1. The van der Waals surface area contributed by atoms with E-state index in [-0.39, 0.29) is 16.6 Å². The molecule has 0 bridgehead atoms. The van der Waals surface area contributed by atoms with Crippen LogP contribution in [0, 0.1) is 0 Å². The summed E-state index contributed by atoms with van der Waals surface area (Å²) in [6, 6.07) is 6.85. The molecule has 1 aromatic carbocycles. The highest BCUT2D eigenvalue weighted by molar-refractivity contribution is 7.90. The number of rotatable bonds is 4. The third-order valence-corrected chi connectivity index (χ3v) is 6.77. The van der Waals surface area contributed by atoms with Gasteiger partial charge in [-0.25, -0.2) is 8.42 Å². The van der Waals surface area contributed by atoms with Crippen molar-refractivity contribution in [3.05, 3.63) is 47.0 Å². The first-order valence-electron chi connectivity index (χ1n) is 10.0. The highest BCUT2D eigenvalue weighted by Gasteiger charge is 2.20. The number of ether oxygens (including phenoxy) is 1. The van der Waals surface area contributed by atoms with Gasteiger partial charge in [0.2, 0.25) is 0 Å². The number of H-pyrrole nitrogens is 1. The maximum absolute atomic E-state index is 12.4. The molecule has 2 aromatic heterocycles.